The second-order valence-electron chi connectivity index (χ2n) is 4.15. The molecule has 0 spiro atoms. The van der Waals surface area contributed by atoms with Crippen molar-refractivity contribution in [2.45, 2.75) is 11.8 Å². The molecule has 20 heavy (non-hydrogen) atoms. The molecular weight excluding hydrogens is 272 g/mol. The first-order valence-electron chi connectivity index (χ1n) is 6.09. The smallest absolute Gasteiger partial charge is 0.234 e. The van der Waals surface area contributed by atoms with E-state index < -0.39 is 0 Å². The Morgan fingerprint density at radius 3 is 2.35 bits per heavy atom. The number of anilines is 1. The highest BCUT2D eigenvalue weighted by Crippen LogP contribution is 2.17. The Kier molecular flexibility index (Phi) is 4.90. The SMILES string of the molecule is CC(=O)c1ccc(NC(=O)CSc2ccncc2)cc1. The summed E-state index contributed by atoms with van der Waals surface area (Å²) in [4.78, 5) is 27.9. The van der Waals surface area contributed by atoms with Gasteiger partial charge in [-0.2, -0.15) is 0 Å². The van der Waals surface area contributed by atoms with Gasteiger partial charge >= 0.3 is 0 Å². The maximum Gasteiger partial charge on any atom is 0.234 e. The summed E-state index contributed by atoms with van der Waals surface area (Å²) in [5, 5.41) is 2.79. The zero-order chi connectivity index (χ0) is 14.4. The molecule has 1 heterocycles. The van der Waals surface area contributed by atoms with Crippen molar-refractivity contribution in [2.24, 2.45) is 0 Å². The van der Waals surface area contributed by atoms with Gasteiger partial charge in [-0.15, -0.1) is 11.8 Å². The number of aromatic nitrogens is 1. The Hall–Kier alpha value is -2.14. The van der Waals surface area contributed by atoms with E-state index in [0.29, 0.717) is 17.0 Å². The van der Waals surface area contributed by atoms with E-state index in [1.54, 1.807) is 36.7 Å². The van der Waals surface area contributed by atoms with Crippen LogP contribution in [0.1, 0.15) is 17.3 Å². The number of benzene rings is 1. The normalized spacial score (nSPS) is 10.1. The number of amides is 1. The molecule has 102 valence electrons. The molecule has 0 fully saturated rings. The minimum absolute atomic E-state index is 0.0103. The molecule has 0 aliphatic rings. The summed E-state index contributed by atoms with van der Waals surface area (Å²) in [6.07, 6.45) is 3.39. The van der Waals surface area contributed by atoms with E-state index in [1.807, 2.05) is 12.1 Å². The number of carbonyl (C=O) groups excluding carboxylic acids is 2. The van der Waals surface area contributed by atoms with Gasteiger partial charge in [0, 0.05) is 28.5 Å². The standard InChI is InChI=1S/C15H14N2O2S/c1-11(18)12-2-4-13(5-3-12)17-15(19)10-20-14-6-8-16-9-7-14/h2-9H,10H2,1H3,(H,17,19). The van der Waals surface area contributed by atoms with Crippen molar-refractivity contribution in [1.82, 2.24) is 4.98 Å². The highest BCUT2D eigenvalue weighted by molar-refractivity contribution is 8.00. The van der Waals surface area contributed by atoms with Crippen LogP contribution in [-0.4, -0.2) is 22.4 Å². The molecule has 0 aliphatic heterocycles. The molecule has 0 saturated carbocycles. The van der Waals surface area contributed by atoms with Crippen LogP contribution in [0.4, 0.5) is 5.69 Å². The number of carbonyl (C=O) groups is 2. The van der Waals surface area contributed by atoms with Crippen molar-refractivity contribution < 1.29 is 9.59 Å². The molecular formula is C15H14N2O2S. The highest BCUT2D eigenvalue weighted by Gasteiger charge is 2.04. The van der Waals surface area contributed by atoms with Crippen LogP contribution in [0.25, 0.3) is 0 Å². The predicted octanol–water partition coefficient (Wildman–Crippen LogP) is 3.02. The molecule has 5 heteroatoms. The topological polar surface area (TPSA) is 59.1 Å². The first-order chi connectivity index (χ1) is 9.65. The number of rotatable bonds is 5. The minimum Gasteiger partial charge on any atom is -0.325 e. The van der Waals surface area contributed by atoms with Gasteiger partial charge in [-0.05, 0) is 43.3 Å². The average Bonchev–Trinajstić information content (AvgIpc) is 2.47. The van der Waals surface area contributed by atoms with Crippen LogP contribution in [0.15, 0.2) is 53.7 Å². The van der Waals surface area contributed by atoms with Crippen LogP contribution in [0.5, 0.6) is 0 Å². The fraction of sp³-hybridized carbons (Fsp3) is 0.133. The van der Waals surface area contributed by atoms with Gasteiger partial charge in [0.25, 0.3) is 0 Å². The van der Waals surface area contributed by atoms with E-state index in [2.05, 4.69) is 10.3 Å². The van der Waals surface area contributed by atoms with Crippen molar-refractivity contribution in [1.29, 1.82) is 0 Å². The number of thioether (sulfide) groups is 1. The van der Waals surface area contributed by atoms with Gasteiger partial charge in [0.2, 0.25) is 5.91 Å². The summed E-state index contributed by atoms with van der Waals surface area (Å²) in [6, 6.07) is 10.6. The Labute approximate surface area is 121 Å². The quantitative estimate of drug-likeness (QED) is 0.678. The third-order valence-electron chi connectivity index (χ3n) is 2.59. The van der Waals surface area contributed by atoms with Crippen LogP contribution in [-0.2, 0) is 4.79 Å². The van der Waals surface area contributed by atoms with Crippen molar-refractivity contribution in [3.8, 4) is 0 Å². The zero-order valence-electron chi connectivity index (χ0n) is 11.0. The van der Waals surface area contributed by atoms with Crippen LogP contribution in [0.2, 0.25) is 0 Å². The number of pyridine rings is 1. The third-order valence-corrected chi connectivity index (χ3v) is 3.61. The number of hydrogen-bond donors (Lipinski definition) is 1. The molecule has 0 radical (unpaired) electrons. The lowest BCUT2D eigenvalue weighted by molar-refractivity contribution is -0.113. The minimum atomic E-state index is -0.0811. The number of ketones is 1. The molecule has 0 saturated heterocycles. The number of hydrogen-bond acceptors (Lipinski definition) is 4. The monoisotopic (exact) mass is 286 g/mol. The summed E-state index contributed by atoms with van der Waals surface area (Å²) in [5.41, 5.74) is 1.32. The Bertz CT molecular complexity index is 597. The maximum atomic E-state index is 11.8. The first kappa shape index (κ1) is 14.3. The summed E-state index contributed by atoms with van der Waals surface area (Å²) in [7, 11) is 0. The van der Waals surface area contributed by atoms with Gasteiger partial charge < -0.3 is 5.32 Å². The van der Waals surface area contributed by atoms with Crippen LogP contribution in [0.3, 0.4) is 0 Å². The van der Waals surface area contributed by atoms with E-state index in [4.69, 9.17) is 0 Å². The van der Waals surface area contributed by atoms with Crippen LogP contribution < -0.4 is 5.32 Å². The first-order valence-corrected chi connectivity index (χ1v) is 7.07. The van der Waals surface area contributed by atoms with E-state index in [1.165, 1.54) is 18.7 Å². The predicted molar refractivity (Wildman–Crippen MR) is 80.0 cm³/mol. The lowest BCUT2D eigenvalue weighted by Crippen LogP contribution is -2.14. The second-order valence-corrected chi connectivity index (χ2v) is 5.20. The molecule has 1 N–H and O–H groups in total. The van der Waals surface area contributed by atoms with Gasteiger partial charge in [0.15, 0.2) is 5.78 Å². The molecule has 4 nitrogen and oxygen atoms in total. The van der Waals surface area contributed by atoms with Crippen molar-refractivity contribution >= 4 is 29.1 Å². The van der Waals surface area contributed by atoms with Crippen molar-refractivity contribution in [3.05, 3.63) is 54.4 Å². The van der Waals surface area contributed by atoms with Gasteiger partial charge in [-0.3, -0.25) is 14.6 Å². The van der Waals surface area contributed by atoms with E-state index in [9.17, 15) is 9.59 Å². The molecule has 2 aromatic rings. The molecule has 2 rings (SSSR count). The average molecular weight is 286 g/mol. The highest BCUT2D eigenvalue weighted by atomic mass is 32.2. The van der Waals surface area contributed by atoms with Gasteiger partial charge in [-0.25, -0.2) is 0 Å². The number of nitrogens with one attached hydrogen (secondary N) is 1. The zero-order valence-corrected chi connectivity index (χ0v) is 11.8. The van der Waals surface area contributed by atoms with Gasteiger partial charge in [-0.1, -0.05) is 0 Å². The maximum absolute atomic E-state index is 11.8. The van der Waals surface area contributed by atoms with Gasteiger partial charge in [0.05, 0.1) is 5.75 Å². The third kappa shape index (κ3) is 4.20. The Balaban J connectivity index is 1.86. The summed E-state index contributed by atoms with van der Waals surface area (Å²) >= 11 is 1.45. The molecule has 1 aromatic carbocycles. The molecule has 0 unspecified atom stereocenters. The van der Waals surface area contributed by atoms with Crippen LogP contribution >= 0.6 is 11.8 Å². The molecule has 0 bridgehead atoms. The number of Topliss-reactive ketones (excluding diaryl/α,β-unsaturated/α-hetero) is 1. The second kappa shape index (κ2) is 6.86. The fourth-order valence-corrected chi connectivity index (χ4v) is 2.25. The van der Waals surface area contributed by atoms with E-state index in [0.717, 1.165) is 4.90 Å². The Morgan fingerprint density at radius 1 is 1.10 bits per heavy atom. The lowest BCUT2D eigenvalue weighted by Gasteiger charge is -2.05. The molecule has 0 aliphatic carbocycles. The van der Waals surface area contributed by atoms with E-state index in [-0.39, 0.29) is 11.7 Å². The van der Waals surface area contributed by atoms with E-state index >= 15 is 0 Å². The van der Waals surface area contributed by atoms with Crippen molar-refractivity contribution in [3.63, 3.8) is 0 Å². The van der Waals surface area contributed by atoms with Crippen molar-refractivity contribution in [2.75, 3.05) is 11.1 Å². The molecule has 1 aromatic heterocycles. The molecule has 1 amide bonds. The summed E-state index contributed by atoms with van der Waals surface area (Å²) in [6.45, 7) is 1.51. The molecule has 0 atom stereocenters. The fourth-order valence-electron chi connectivity index (χ4n) is 1.57. The summed E-state index contributed by atoms with van der Waals surface area (Å²) < 4.78 is 0. The Morgan fingerprint density at radius 2 is 1.75 bits per heavy atom. The van der Waals surface area contributed by atoms with Gasteiger partial charge in [0.1, 0.15) is 0 Å². The van der Waals surface area contributed by atoms with Crippen LogP contribution in [0, 0.1) is 0 Å². The summed E-state index contributed by atoms with van der Waals surface area (Å²) in [5.74, 6) is 0.261. The lowest BCUT2D eigenvalue weighted by atomic mass is 10.1. The number of nitrogens with zero attached hydrogens (tertiary/aromatic N) is 1. The largest absolute Gasteiger partial charge is 0.325 e.